The van der Waals surface area contributed by atoms with Gasteiger partial charge in [-0.2, -0.15) is 43.9 Å². The molecule has 0 bridgehead atoms. The van der Waals surface area contributed by atoms with E-state index in [2.05, 4.69) is 0 Å². The summed E-state index contributed by atoms with van der Waals surface area (Å²) in [7, 11) is 0. The molecule has 0 unspecified atom stereocenters. The summed E-state index contributed by atoms with van der Waals surface area (Å²) in [5, 5.41) is 0. The van der Waals surface area contributed by atoms with Crippen LogP contribution in [-0.4, -0.2) is 24.2 Å². The molecule has 0 saturated heterocycles. The second kappa shape index (κ2) is 3.41. The standard InChI is InChI=1S/C5F10/c6-2(7,1-3(8,9)10)4(11,12)5(13,14)15. The Morgan fingerprint density at radius 1 is 0.600 bits per heavy atom. The Labute approximate surface area is 75.9 Å². The van der Waals surface area contributed by atoms with Crippen molar-refractivity contribution in [3.63, 3.8) is 0 Å². The van der Waals surface area contributed by atoms with Gasteiger partial charge in [-0.15, -0.1) is 0 Å². The molecule has 90 valence electrons. The van der Waals surface area contributed by atoms with Crippen LogP contribution >= 0.6 is 0 Å². The normalized spacial score (nSPS) is 15.6. The SMILES string of the molecule is FC(F)(F)[C]C(F)(F)C(F)(F)C(F)(F)F. The molecule has 15 heavy (non-hydrogen) atoms. The minimum atomic E-state index is -6.82. The molecular formula is C5F10. The van der Waals surface area contributed by atoms with E-state index < -0.39 is 30.6 Å². The second-order valence-electron chi connectivity index (χ2n) is 2.27. The van der Waals surface area contributed by atoms with E-state index >= 15 is 0 Å². The minimum Gasteiger partial charge on any atom is -0.198 e. The van der Waals surface area contributed by atoms with Gasteiger partial charge in [-0.25, -0.2) is 0 Å². The highest BCUT2D eigenvalue weighted by Gasteiger charge is 2.75. The molecule has 0 N–H and O–H groups in total. The monoisotopic (exact) mass is 250 g/mol. The summed E-state index contributed by atoms with van der Waals surface area (Å²) >= 11 is 0. The first kappa shape index (κ1) is 14.3. The van der Waals surface area contributed by atoms with Gasteiger partial charge in [-0.05, 0) is 0 Å². The Balaban J connectivity index is 5.03. The summed E-state index contributed by atoms with van der Waals surface area (Å²) in [5.41, 5.74) is 0. The first-order valence-corrected chi connectivity index (χ1v) is 2.89. The van der Waals surface area contributed by atoms with Crippen molar-refractivity contribution in [2.24, 2.45) is 0 Å². The Kier molecular flexibility index (Phi) is 3.25. The average Bonchev–Trinajstić information content (AvgIpc) is 1.77. The Hall–Kier alpha value is -0.700. The lowest BCUT2D eigenvalue weighted by atomic mass is 10.1. The molecule has 0 aliphatic rings. The topological polar surface area (TPSA) is 0 Å². The Morgan fingerprint density at radius 3 is 1.13 bits per heavy atom. The highest BCUT2D eigenvalue weighted by molar-refractivity contribution is 5.03. The van der Waals surface area contributed by atoms with E-state index in [9.17, 15) is 43.9 Å². The van der Waals surface area contributed by atoms with Gasteiger partial charge in [0.25, 0.3) is 0 Å². The molecule has 0 aliphatic heterocycles. The molecule has 0 amide bonds. The first-order valence-electron chi connectivity index (χ1n) is 2.89. The lowest BCUT2D eigenvalue weighted by Gasteiger charge is -2.27. The van der Waals surface area contributed by atoms with Crippen LogP contribution in [0.1, 0.15) is 0 Å². The van der Waals surface area contributed by atoms with E-state index in [0.29, 0.717) is 0 Å². The zero-order chi connectivity index (χ0) is 12.7. The van der Waals surface area contributed by atoms with Crippen molar-refractivity contribution in [3.8, 4) is 0 Å². The molecule has 0 nitrogen and oxygen atoms in total. The molecule has 0 aromatic rings. The predicted molar refractivity (Wildman–Crippen MR) is 25.2 cm³/mol. The summed E-state index contributed by atoms with van der Waals surface area (Å²) in [6.45, 7) is 0. The lowest BCUT2D eigenvalue weighted by Crippen LogP contribution is -2.53. The largest absolute Gasteiger partial charge is 0.459 e. The number of rotatable bonds is 2. The van der Waals surface area contributed by atoms with Crippen molar-refractivity contribution < 1.29 is 43.9 Å². The third-order valence-electron chi connectivity index (χ3n) is 1.05. The minimum absolute atomic E-state index is 1.06. The van der Waals surface area contributed by atoms with Crippen LogP contribution in [0.2, 0.25) is 0 Å². The van der Waals surface area contributed by atoms with E-state index in [4.69, 9.17) is 0 Å². The van der Waals surface area contributed by atoms with Gasteiger partial charge in [0.1, 0.15) is 0 Å². The molecule has 0 spiro atoms. The van der Waals surface area contributed by atoms with E-state index in [1.165, 1.54) is 0 Å². The van der Waals surface area contributed by atoms with Crippen LogP contribution in [-0.2, 0) is 0 Å². The fraction of sp³-hybridized carbons (Fsp3) is 0.800. The van der Waals surface area contributed by atoms with E-state index in [0.717, 1.165) is 0 Å². The first-order chi connectivity index (χ1) is 6.21. The maximum Gasteiger partial charge on any atom is 0.459 e. The number of hydrogen-bond acceptors (Lipinski definition) is 0. The second-order valence-corrected chi connectivity index (χ2v) is 2.27. The van der Waals surface area contributed by atoms with Gasteiger partial charge in [0.05, 0.1) is 0 Å². The third-order valence-corrected chi connectivity index (χ3v) is 1.05. The van der Waals surface area contributed by atoms with Gasteiger partial charge >= 0.3 is 24.2 Å². The van der Waals surface area contributed by atoms with Crippen LogP contribution in [0.4, 0.5) is 43.9 Å². The van der Waals surface area contributed by atoms with Crippen molar-refractivity contribution in [3.05, 3.63) is 6.42 Å². The van der Waals surface area contributed by atoms with Crippen molar-refractivity contribution in [1.29, 1.82) is 0 Å². The molecule has 0 aromatic carbocycles. The van der Waals surface area contributed by atoms with Crippen LogP contribution in [0, 0.1) is 6.42 Å². The van der Waals surface area contributed by atoms with Crippen LogP contribution < -0.4 is 0 Å². The van der Waals surface area contributed by atoms with Gasteiger partial charge in [0.2, 0.25) is 0 Å². The van der Waals surface area contributed by atoms with Crippen LogP contribution in [0.25, 0.3) is 0 Å². The molecule has 10 heteroatoms. The fourth-order valence-corrected chi connectivity index (χ4v) is 0.435. The van der Waals surface area contributed by atoms with Crippen molar-refractivity contribution in [2.45, 2.75) is 24.2 Å². The van der Waals surface area contributed by atoms with E-state index in [-0.39, 0.29) is 0 Å². The maximum absolute atomic E-state index is 11.9. The van der Waals surface area contributed by atoms with Crippen molar-refractivity contribution in [1.82, 2.24) is 0 Å². The van der Waals surface area contributed by atoms with Crippen LogP contribution in [0.15, 0.2) is 0 Å². The van der Waals surface area contributed by atoms with Gasteiger partial charge in [0, 0.05) is 0 Å². The van der Waals surface area contributed by atoms with Crippen LogP contribution in [0.5, 0.6) is 0 Å². The van der Waals surface area contributed by atoms with Gasteiger partial charge in [-0.3, -0.25) is 0 Å². The zero-order valence-electron chi connectivity index (χ0n) is 6.28. The summed E-state index contributed by atoms with van der Waals surface area (Å²) in [4.78, 5) is 0. The molecule has 2 radical (unpaired) electrons. The van der Waals surface area contributed by atoms with Crippen LogP contribution in [0.3, 0.4) is 0 Å². The predicted octanol–water partition coefficient (Wildman–Crippen LogP) is 3.46. The van der Waals surface area contributed by atoms with Gasteiger partial charge in [-0.1, -0.05) is 0 Å². The quantitative estimate of drug-likeness (QED) is 0.658. The summed E-state index contributed by atoms with van der Waals surface area (Å²) < 4.78 is 115. The molecule has 0 fully saturated rings. The van der Waals surface area contributed by atoms with E-state index in [1.54, 1.807) is 0 Å². The van der Waals surface area contributed by atoms with E-state index in [1.807, 2.05) is 0 Å². The number of alkyl halides is 10. The van der Waals surface area contributed by atoms with Gasteiger partial charge in [0.15, 0.2) is 6.42 Å². The smallest absolute Gasteiger partial charge is 0.198 e. The molecule has 0 heterocycles. The molecule has 0 atom stereocenters. The summed E-state index contributed by atoms with van der Waals surface area (Å²) in [6.07, 6.45) is -13.9. The molecule has 0 saturated carbocycles. The van der Waals surface area contributed by atoms with Gasteiger partial charge < -0.3 is 0 Å². The highest BCUT2D eigenvalue weighted by atomic mass is 19.4. The number of halogens is 10. The summed E-state index contributed by atoms with van der Waals surface area (Å²) in [6, 6.07) is 0. The Morgan fingerprint density at radius 2 is 0.933 bits per heavy atom. The molecule has 0 aliphatic carbocycles. The van der Waals surface area contributed by atoms with Crippen molar-refractivity contribution in [2.75, 3.05) is 0 Å². The molecule has 0 aromatic heterocycles. The Bertz CT molecular complexity index is 219. The molecular weight excluding hydrogens is 250 g/mol. The average molecular weight is 250 g/mol. The lowest BCUT2D eigenvalue weighted by molar-refractivity contribution is -0.352. The third kappa shape index (κ3) is 3.13. The maximum atomic E-state index is 11.9. The summed E-state index contributed by atoms with van der Waals surface area (Å²) in [5.74, 6) is -13.3. The number of hydrogen-bond donors (Lipinski definition) is 0. The van der Waals surface area contributed by atoms with Crippen molar-refractivity contribution >= 4 is 0 Å². The zero-order valence-corrected chi connectivity index (χ0v) is 6.28. The fourth-order valence-electron chi connectivity index (χ4n) is 0.435. The molecule has 0 rings (SSSR count). The highest BCUT2D eigenvalue weighted by Crippen LogP contribution is 2.49.